The molecule has 318 valence electrons. The number of hydrogen-bond acceptors (Lipinski definition) is 8. The molecule has 5 amide bonds. The molecule has 3 saturated carbocycles. The number of carbonyl (C=O) groups is 5. The zero-order valence-corrected chi connectivity index (χ0v) is 34.9. The summed E-state index contributed by atoms with van der Waals surface area (Å²) in [5, 5.41) is 7.72. The number of nitrogens with zero attached hydrogens (tertiary/aromatic N) is 2. The summed E-state index contributed by atoms with van der Waals surface area (Å²) < 4.78 is 67.4. The van der Waals surface area contributed by atoms with Crippen LogP contribution in [0.25, 0.3) is 0 Å². The van der Waals surface area contributed by atoms with Crippen molar-refractivity contribution in [3.05, 3.63) is 23.9 Å². The maximum atomic E-state index is 14.8. The molecule has 3 aliphatic carbocycles. The second-order valence-corrected chi connectivity index (χ2v) is 20.9. The van der Waals surface area contributed by atoms with Crippen LogP contribution in [0.1, 0.15) is 112 Å². The van der Waals surface area contributed by atoms with Crippen LogP contribution in [0.15, 0.2) is 23.4 Å². The van der Waals surface area contributed by atoms with Gasteiger partial charge in [-0.2, -0.15) is 13.2 Å². The van der Waals surface area contributed by atoms with Crippen molar-refractivity contribution < 1.29 is 45.6 Å². The van der Waals surface area contributed by atoms with Crippen molar-refractivity contribution in [1.82, 2.24) is 30.6 Å². The topological polar surface area (TPSA) is 210 Å². The predicted molar refractivity (Wildman–Crippen MR) is 203 cm³/mol. The number of rotatable bonds is 13. The maximum absolute atomic E-state index is 14.8. The van der Waals surface area contributed by atoms with Gasteiger partial charge in [-0.15, -0.1) is 0 Å². The lowest BCUT2D eigenvalue weighted by molar-refractivity contribution is -0.143. The van der Waals surface area contributed by atoms with E-state index < -0.39 is 91.3 Å². The number of fused-ring (bicyclic) bond motifs is 1. The number of pyridine rings is 1. The fourth-order valence-electron chi connectivity index (χ4n) is 9.49. The van der Waals surface area contributed by atoms with Crippen LogP contribution in [0, 0.1) is 33.0 Å². The zero-order chi connectivity index (χ0) is 42.7. The summed E-state index contributed by atoms with van der Waals surface area (Å²) in [6.07, 6.45) is 2.00. The Labute approximate surface area is 332 Å². The Morgan fingerprint density at radius 1 is 0.930 bits per heavy atom. The fourth-order valence-corrected chi connectivity index (χ4v) is 10.5. The lowest BCUT2D eigenvalue weighted by atomic mass is 9.73. The van der Waals surface area contributed by atoms with E-state index in [0.29, 0.717) is 18.7 Å². The van der Waals surface area contributed by atoms with Gasteiger partial charge in [-0.3, -0.25) is 19.2 Å². The first-order chi connectivity index (χ1) is 26.1. The monoisotopic (exact) mass is 825 g/mol. The van der Waals surface area contributed by atoms with E-state index >= 15 is 0 Å². The van der Waals surface area contributed by atoms with Crippen molar-refractivity contribution in [2.75, 3.05) is 13.1 Å². The molecule has 2 heterocycles. The Kier molecular flexibility index (Phi) is 11.7. The smallest absolute Gasteiger partial charge is 0.363 e. The van der Waals surface area contributed by atoms with Gasteiger partial charge in [-0.1, -0.05) is 81.1 Å². The van der Waals surface area contributed by atoms with Crippen LogP contribution >= 0.6 is 0 Å². The Morgan fingerprint density at radius 2 is 1.56 bits per heavy atom. The van der Waals surface area contributed by atoms with E-state index in [1.807, 2.05) is 0 Å². The molecule has 0 radical (unpaired) electrons. The Morgan fingerprint density at radius 3 is 2.00 bits per heavy atom. The third kappa shape index (κ3) is 8.39. The lowest BCUT2D eigenvalue weighted by Gasteiger charge is -2.37. The van der Waals surface area contributed by atoms with Crippen molar-refractivity contribution in [3.63, 3.8) is 0 Å². The molecule has 4 fully saturated rings. The minimum Gasteiger partial charge on any atom is -0.363 e. The number of ketones is 1. The summed E-state index contributed by atoms with van der Waals surface area (Å²) in [6.45, 7) is 14.7. The number of primary amides is 1. The van der Waals surface area contributed by atoms with Gasteiger partial charge in [0.2, 0.25) is 17.6 Å². The number of nitrogens with two attached hydrogens (primary N) is 1. The second kappa shape index (κ2) is 15.1. The second-order valence-electron chi connectivity index (χ2n) is 19.2. The summed E-state index contributed by atoms with van der Waals surface area (Å²) in [4.78, 5) is 72.8. The average molecular weight is 826 g/mol. The number of aromatic nitrogens is 1. The van der Waals surface area contributed by atoms with Crippen LogP contribution in [0.3, 0.4) is 0 Å². The van der Waals surface area contributed by atoms with Gasteiger partial charge in [-0.05, 0) is 65.4 Å². The molecular formula is C39H58F3N7O7S. The van der Waals surface area contributed by atoms with Gasteiger partial charge < -0.3 is 26.6 Å². The molecule has 4 aliphatic rings. The first kappa shape index (κ1) is 44.3. The third-order valence-corrected chi connectivity index (χ3v) is 15.0. The third-order valence-electron chi connectivity index (χ3n) is 13.6. The fraction of sp³-hybridized carbons (Fsp3) is 0.744. The number of likely N-dealkylation sites (tertiary alicyclic amines) is 1. The number of Topliss-reactive ketones (excluding diaryl/α,β-unsaturated/α-hetero) is 1. The molecule has 5 rings (SSSR count). The van der Waals surface area contributed by atoms with E-state index in [1.54, 1.807) is 41.5 Å². The Balaban J connectivity index is 1.35. The molecule has 0 bridgehead atoms. The van der Waals surface area contributed by atoms with Gasteiger partial charge in [0, 0.05) is 30.7 Å². The van der Waals surface area contributed by atoms with E-state index in [2.05, 4.69) is 39.5 Å². The number of halogens is 3. The molecule has 1 saturated heterocycles. The quantitative estimate of drug-likeness (QED) is 0.183. The average Bonchev–Trinajstić information content (AvgIpc) is 3.26. The number of hydrogen-bond donors (Lipinski definition) is 5. The van der Waals surface area contributed by atoms with Gasteiger partial charge in [-0.25, -0.2) is 22.9 Å². The molecular weight excluding hydrogens is 768 g/mol. The molecule has 3 unspecified atom stereocenters. The van der Waals surface area contributed by atoms with Gasteiger partial charge in [0.1, 0.15) is 12.1 Å². The van der Waals surface area contributed by atoms with Crippen molar-refractivity contribution in [2.24, 2.45) is 38.7 Å². The van der Waals surface area contributed by atoms with Crippen LogP contribution in [0.2, 0.25) is 0 Å². The molecule has 57 heavy (non-hydrogen) atoms. The summed E-state index contributed by atoms with van der Waals surface area (Å²) in [5.41, 5.74) is 2.00. The van der Waals surface area contributed by atoms with E-state index in [0.717, 1.165) is 44.6 Å². The van der Waals surface area contributed by atoms with Crippen molar-refractivity contribution in [3.8, 4) is 0 Å². The minimum absolute atomic E-state index is 0.0624. The van der Waals surface area contributed by atoms with E-state index in [1.165, 1.54) is 4.90 Å². The number of alkyl halides is 3. The zero-order valence-electron chi connectivity index (χ0n) is 34.1. The number of sulfonamides is 1. The van der Waals surface area contributed by atoms with Crippen molar-refractivity contribution in [1.29, 1.82) is 0 Å². The summed E-state index contributed by atoms with van der Waals surface area (Å²) in [6, 6.07) is -3.61. The molecule has 1 aromatic rings. The highest BCUT2D eigenvalue weighted by Gasteiger charge is 2.85. The minimum atomic E-state index is -4.70. The molecule has 6 N–H and O–H groups in total. The number of nitrogens with one attached hydrogen (secondary N) is 4. The molecule has 14 nitrogen and oxygen atoms in total. The molecule has 1 aliphatic heterocycles. The lowest BCUT2D eigenvalue weighted by Crippen LogP contribution is -2.62. The van der Waals surface area contributed by atoms with Crippen LogP contribution in [-0.4, -0.2) is 85.1 Å². The number of carbonyl (C=O) groups excluding carboxylic acids is 5. The summed E-state index contributed by atoms with van der Waals surface area (Å²) in [5.74, 6) is -2.94. The molecule has 18 heteroatoms. The van der Waals surface area contributed by atoms with E-state index in [-0.39, 0.29) is 41.7 Å². The molecule has 1 aromatic heterocycles. The highest BCUT2D eigenvalue weighted by atomic mass is 32.2. The van der Waals surface area contributed by atoms with Gasteiger partial charge in [0.25, 0.3) is 15.9 Å². The largest absolute Gasteiger partial charge is 0.417 e. The predicted octanol–water partition coefficient (Wildman–Crippen LogP) is 4.03. The number of urea groups is 1. The highest BCUT2D eigenvalue weighted by Crippen LogP contribution is 2.88. The standard InChI is InChI=1S/C39H58F3N7O7S/c1-34(2,3)26(20-45-57(55,56)27-14-13-23(19-44-27)39(40,41)42)47-33(54)48-29(35(4,5)6)32(53)49-21-38(36(7,8)37(38)15-10-16-37)18-25(49)31(52)46-24(28(50)30(43)51)17-22-11-9-12-22/h13-14,19,22,24-26,29,45H,9-12,15-18,20-21H2,1-8H3,(H2,43,51)(H,46,52)(H2,47,48,54)/t24?,25-,26+,29?,38?/m0/s1. The SMILES string of the molecule is CC(C)(C)C(NC(=O)N[C@H](CNS(=O)(=O)c1ccc(C(F)(F)F)cn1)C(C)(C)C)C(=O)N1CC2(C[C@H]1C(=O)NC(CC1CCC1)C(=O)C(N)=O)C(C)(C)C21CCC1. The van der Waals surface area contributed by atoms with Crippen molar-refractivity contribution in [2.45, 2.75) is 142 Å². The molecule has 2 spiro atoms. The maximum Gasteiger partial charge on any atom is 0.417 e. The first-order valence-electron chi connectivity index (χ1n) is 19.6. The highest BCUT2D eigenvalue weighted by molar-refractivity contribution is 7.89. The van der Waals surface area contributed by atoms with Gasteiger partial charge in [0.15, 0.2) is 5.03 Å². The van der Waals surface area contributed by atoms with Crippen LogP contribution in [-0.2, 0) is 35.4 Å². The number of amides is 5. The van der Waals surface area contributed by atoms with Crippen LogP contribution < -0.4 is 26.4 Å². The normalized spacial score (nSPS) is 24.5. The van der Waals surface area contributed by atoms with Crippen LogP contribution in [0.5, 0.6) is 0 Å². The van der Waals surface area contributed by atoms with E-state index in [4.69, 9.17) is 5.73 Å². The summed E-state index contributed by atoms with van der Waals surface area (Å²) >= 11 is 0. The molecule has 0 aromatic carbocycles. The Bertz CT molecular complexity index is 1870. The molecule has 5 atom stereocenters. The van der Waals surface area contributed by atoms with Crippen molar-refractivity contribution >= 4 is 39.6 Å². The van der Waals surface area contributed by atoms with Crippen LogP contribution in [0.4, 0.5) is 18.0 Å². The van der Waals surface area contributed by atoms with E-state index in [9.17, 15) is 45.6 Å². The first-order valence-corrected chi connectivity index (χ1v) is 21.1. The van der Waals surface area contributed by atoms with Gasteiger partial charge >= 0.3 is 12.2 Å². The summed E-state index contributed by atoms with van der Waals surface area (Å²) in [7, 11) is -4.39. The Hall–Kier alpha value is -3.80. The van der Waals surface area contributed by atoms with Gasteiger partial charge in [0.05, 0.1) is 11.6 Å².